The molecule has 17 heavy (non-hydrogen) atoms. The minimum atomic E-state index is -0.0570. The monoisotopic (exact) mass is 247 g/mol. The Bertz CT molecular complexity index is 529. The van der Waals surface area contributed by atoms with Crippen molar-refractivity contribution in [3.05, 3.63) is 16.0 Å². The second-order valence-electron chi connectivity index (χ2n) is 4.67. The Morgan fingerprint density at radius 1 is 1.53 bits per heavy atom. The summed E-state index contributed by atoms with van der Waals surface area (Å²) in [5, 5.41) is 12.8. The highest BCUT2D eigenvalue weighted by atomic mass is 32.1. The molecule has 5 heteroatoms. The number of rotatable bonds is 2. The summed E-state index contributed by atoms with van der Waals surface area (Å²) in [7, 11) is 0. The summed E-state index contributed by atoms with van der Waals surface area (Å²) in [5.41, 5.74) is 7.46. The van der Waals surface area contributed by atoms with Gasteiger partial charge in [-0.3, -0.25) is 4.79 Å². The standard InChI is InChI=1S/C12H13N3OS/c13-5-8-6-2-1-3-10(6)17-12(8)15-11(16)7-4-9(7)14/h7,9H,1-4,14H2,(H,15,16). The van der Waals surface area contributed by atoms with E-state index in [2.05, 4.69) is 11.4 Å². The number of amides is 1. The van der Waals surface area contributed by atoms with Crippen LogP contribution in [0.2, 0.25) is 0 Å². The van der Waals surface area contributed by atoms with Crippen LogP contribution in [0.25, 0.3) is 0 Å². The molecule has 2 aliphatic carbocycles. The lowest BCUT2D eigenvalue weighted by molar-refractivity contribution is -0.117. The van der Waals surface area contributed by atoms with E-state index in [1.54, 1.807) is 11.3 Å². The maximum absolute atomic E-state index is 11.8. The summed E-state index contributed by atoms with van der Waals surface area (Å²) in [4.78, 5) is 13.0. The Hall–Kier alpha value is -1.38. The van der Waals surface area contributed by atoms with E-state index in [4.69, 9.17) is 5.73 Å². The van der Waals surface area contributed by atoms with Crippen LogP contribution in [-0.4, -0.2) is 11.9 Å². The van der Waals surface area contributed by atoms with Crippen LogP contribution in [0, 0.1) is 17.2 Å². The van der Waals surface area contributed by atoms with Gasteiger partial charge in [-0.05, 0) is 31.2 Å². The Morgan fingerprint density at radius 3 is 2.94 bits per heavy atom. The first-order valence-electron chi connectivity index (χ1n) is 5.81. The fourth-order valence-electron chi connectivity index (χ4n) is 2.33. The third-order valence-corrected chi connectivity index (χ3v) is 4.65. The minimum absolute atomic E-state index is 0.00680. The zero-order valence-electron chi connectivity index (χ0n) is 9.32. The molecule has 1 aromatic rings. The van der Waals surface area contributed by atoms with Crippen LogP contribution >= 0.6 is 11.3 Å². The van der Waals surface area contributed by atoms with E-state index >= 15 is 0 Å². The average Bonchev–Trinajstić information content (AvgIpc) is 2.72. The van der Waals surface area contributed by atoms with Gasteiger partial charge in [-0.2, -0.15) is 5.26 Å². The smallest absolute Gasteiger partial charge is 0.229 e. The lowest BCUT2D eigenvalue weighted by atomic mass is 10.1. The molecule has 1 amide bonds. The van der Waals surface area contributed by atoms with E-state index in [1.807, 2.05) is 0 Å². The molecule has 1 heterocycles. The molecule has 1 aromatic heterocycles. The van der Waals surface area contributed by atoms with Gasteiger partial charge in [-0.25, -0.2) is 0 Å². The lowest BCUT2D eigenvalue weighted by Gasteiger charge is -2.02. The normalized spacial score (nSPS) is 25.2. The molecule has 3 rings (SSSR count). The average molecular weight is 247 g/mol. The van der Waals surface area contributed by atoms with Crippen LogP contribution in [0.3, 0.4) is 0 Å². The highest BCUT2D eigenvalue weighted by Crippen LogP contribution is 2.39. The van der Waals surface area contributed by atoms with Crippen molar-refractivity contribution in [2.24, 2.45) is 11.7 Å². The summed E-state index contributed by atoms with van der Waals surface area (Å²) in [5.74, 6) is -0.0904. The van der Waals surface area contributed by atoms with Crippen molar-refractivity contribution >= 4 is 22.2 Å². The molecule has 0 saturated heterocycles. The number of aryl methyl sites for hydroxylation is 1. The SMILES string of the molecule is N#Cc1c(NC(=O)C2CC2N)sc2c1CCC2. The highest BCUT2D eigenvalue weighted by Gasteiger charge is 2.40. The van der Waals surface area contributed by atoms with Gasteiger partial charge in [0, 0.05) is 10.9 Å². The second kappa shape index (κ2) is 3.83. The number of nitrogens with one attached hydrogen (secondary N) is 1. The number of nitrogens with two attached hydrogens (primary N) is 1. The van der Waals surface area contributed by atoms with Gasteiger partial charge in [0.15, 0.2) is 0 Å². The molecule has 1 fully saturated rings. The number of hydrogen-bond acceptors (Lipinski definition) is 4. The Balaban J connectivity index is 1.84. The highest BCUT2D eigenvalue weighted by molar-refractivity contribution is 7.16. The molecule has 88 valence electrons. The second-order valence-corrected chi connectivity index (χ2v) is 5.77. The molecule has 2 aliphatic rings. The van der Waals surface area contributed by atoms with Crippen molar-refractivity contribution in [1.82, 2.24) is 0 Å². The van der Waals surface area contributed by atoms with Gasteiger partial charge in [0.25, 0.3) is 0 Å². The van der Waals surface area contributed by atoms with Crippen molar-refractivity contribution < 1.29 is 4.79 Å². The Kier molecular flexibility index (Phi) is 2.42. The third-order valence-electron chi connectivity index (χ3n) is 3.45. The molecule has 1 saturated carbocycles. The number of anilines is 1. The molecule has 0 spiro atoms. The predicted molar refractivity (Wildman–Crippen MR) is 65.8 cm³/mol. The number of thiophene rings is 1. The van der Waals surface area contributed by atoms with Gasteiger partial charge in [-0.1, -0.05) is 0 Å². The molecular formula is C12H13N3OS. The van der Waals surface area contributed by atoms with E-state index < -0.39 is 0 Å². The van der Waals surface area contributed by atoms with Gasteiger partial charge in [0.05, 0.1) is 11.5 Å². The van der Waals surface area contributed by atoms with E-state index in [1.165, 1.54) is 4.88 Å². The van der Waals surface area contributed by atoms with Gasteiger partial charge in [-0.15, -0.1) is 11.3 Å². The third kappa shape index (κ3) is 1.74. The molecule has 0 aliphatic heterocycles. The molecule has 0 radical (unpaired) electrons. The number of carbonyl (C=O) groups is 1. The molecule has 0 bridgehead atoms. The number of nitriles is 1. The van der Waals surface area contributed by atoms with E-state index in [-0.39, 0.29) is 17.9 Å². The van der Waals surface area contributed by atoms with E-state index in [0.717, 1.165) is 36.2 Å². The molecule has 2 unspecified atom stereocenters. The van der Waals surface area contributed by atoms with Crippen molar-refractivity contribution in [3.63, 3.8) is 0 Å². The van der Waals surface area contributed by atoms with Crippen molar-refractivity contribution in [3.8, 4) is 6.07 Å². The van der Waals surface area contributed by atoms with E-state index in [9.17, 15) is 10.1 Å². The lowest BCUT2D eigenvalue weighted by Crippen LogP contribution is -2.18. The Labute approximate surface area is 103 Å². The fraction of sp³-hybridized carbons (Fsp3) is 0.500. The summed E-state index contributed by atoms with van der Waals surface area (Å²) in [6, 6.07) is 2.22. The summed E-state index contributed by atoms with van der Waals surface area (Å²) in [6.45, 7) is 0. The van der Waals surface area contributed by atoms with Gasteiger partial charge >= 0.3 is 0 Å². The summed E-state index contributed by atoms with van der Waals surface area (Å²) >= 11 is 1.55. The van der Waals surface area contributed by atoms with E-state index in [0.29, 0.717) is 5.56 Å². The first-order chi connectivity index (χ1) is 8.20. The molecular weight excluding hydrogens is 234 g/mol. The van der Waals surface area contributed by atoms with Crippen molar-refractivity contribution in [2.75, 3.05) is 5.32 Å². The van der Waals surface area contributed by atoms with Crippen LogP contribution in [0.4, 0.5) is 5.00 Å². The molecule has 2 atom stereocenters. The quantitative estimate of drug-likeness (QED) is 0.829. The fourth-order valence-corrected chi connectivity index (χ4v) is 3.57. The first kappa shape index (κ1) is 10.8. The van der Waals surface area contributed by atoms with Gasteiger partial charge in [0.1, 0.15) is 11.1 Å². The van der Waals surface area contributed by atoms with Crippen LogP contribution in [0.5, 0.6) is 0 Å². The topological polar surface area (TPSA) is 78.9 Å². The predicted octanol–water partition coefficient (Wildman–Crippen LogP) is 1.39. The van der Waals surface area contributed by atoms with Crippen LogP contribution in [-0.2, 0) is 17.6 Å². The summed E-state index contributed by atoms with van der Waals surface area (Å²) < 4.78 is 0. The summed E-state index contributed by atoms with van der Waals surface area (Å²) in [6.07, 6.45) is 3.89. The largest absolute Gasteiger partial charge is 0.327 e. The molecule has 0 aromatic carbocycles. The number of carbonyl (C=O) groups excluding carboxylic acids is 1. The minimum Gasteiger partial charge on any atom is -0.327 e. The van der Waals surface area contributed by atoms with Gasteiger partial charge in [0.2, 0.25) is 5.91 Å². The zero-order valence-corrected chi connectivity index (χ0v) is 10.1. The molecule has 3 N–H and O–H groups in total. The molecule has 4 nitrogen and oxygen atoms in total. The van der Waals surface area contributed by atoms with Crippen LogP contribution in [0.1, 0.15) is 28.8 Å². The van der Waals surface area contributed by atoms with Crippen LogP contribution in [0.15, 0.2) is 0 Å². The first-order valence-corrected chi connectivity index (χ1v) is 6.63. The zero-order chi connectivity index (χ0) is 12.0. The maximum atomic E-state index is 11.8. The number of hydrogen-bond donors (Lipinski definition) is 2. The van der Waals surface area contributed by atoms with Crippen LogP contribution < -0.4 is 11.1 Å². The van der Waals surface area contributed by atoms with Crippen molar-refractivity contribution in [2.45, 2.75) is 31.7 Å². The van der Waals surface area contributed by atoms with Crippen molar-refractivity contribution in [1.29, 1.82) is 5.26 Å². The van der Waals surface area contributed by atoms with Gasteiger partial charge < -0.3 is 11.1 Å². The number of fused-ring (bicyclic) bond motifs is 1. The maximum Gasteiger partial charge on any atom is 0.229 e. The Morgan fingerprint density at radius 2 is 2.29 bits per heavy atom. The number of nitrogens with zero attached hydrogens (tertiary/aromatic N) is 1.